The minimum atomic E-state index is -3.85. The van der Waals surface area contributed by atoms with Gasteiger partial charge in [-0.2, -0.15) is 4.98 Å². The Morgan fingerprint density at radius 2 is 1.72 bits per heavy atom. The van der Waals surface area contributed by atoms with Crippen LogP contribution in [0.25, 0.3) is 11.4 Å². The van der Waals surface area contributed by atoms with Gasteiger partial charge in [0.15, 0.2) is 0 Å². The Hall–Kier alpha value is -3.31. The van der Waals surface area contributed by atoms with Crippen molar-refractivity contribution in [2.24, 2.45) is 11.1 Å². The maximum Gasteiger partial charge on any atom is 0.261 e. The van der Waals surface area contributed by atoms with Gasteiger partial charge in [-0.25, -0.2) is 12.8 Å². The molecule has 11 heteroatoms. The first-order chi connectivity index (χ1) is 15.0. The number of carbonyl (C=O) groups excluding carboxylic acids is 1. The molecule has 1 amide bonds. The zero-order chi connectivity index (χ0) is 23.5. The molecule has 9 nitrogen and oxygen atoms in total. The molecule has 0 fully saturated rings. The number of sulfonamides is 1. The van der Waals surface area contributed by atoms with Gasteiger partial charge in [-0.1, -0.05) is 5.16 Å². The van der Waals surface area contributed by atoms with Gasteiger partial charge < -0.3 is 15.6 Å². The summed E-state index contributed by atoms with van der Waals surface area (Å²) in [6.07, 6.45) is 0. The largest absolute Gasteiger partial charge is 0.337 e. The number of carbonyl (C=O) groups is 1. The molecule has 0 unspecified atom stereocenters. The Morgan fingerprint density at radius 3 is 2.25 bits per heavy atom. The second-order valence-corrected chi connectivity index (χ2v) is 9.61. The van der Waals surface area contributed by atoms with E-state index in [4.69, 9.17) is 10.3 Å². The lowest BCUT2D eigenvalue weighted by Crippen LogP contribution is -2.32. The fourth-order valence-corrected chi connectivity index (χ4v) is 3.58. The third kappa shape index (κ3) is 5.29. The van der Waals surface area contributed by atoms with Crippen molar-refractivity contribution < 1.29 is 22.1 Å². The molecule has 1 heterocycles. The number of benzene rings is 2. The number of aromatic nitrogens is 2. The van der Waals surface area contributed by atoms with Crippen molar-refractivity contribution in [1.29, 1.82) is 0 Å². The van der Waals surface area contributed by atoms with E-state index in [2.05, 4.69) is 20.2 Å². The Labute approximate surface area is 185 Å². The zero-order valence-electron chi connectivity index (χ0n) is 17.8. The summed E-state index contributed by atoms with van der Waals surface area (Å²) in [6, 6.07) is 11.6. The summed E-state index contributed by atoms with van der Waals surface area (Å²) in [4.78, 5) is 16.3. The predicted molar refractivity (Wildman–Crippen MR) is 118 cm³/mol. The number of nitrogens with one attached hydrogen (secondary N) is 2. The molecule has 2 aromatic carbocycles. The van der Waals surface area contributed by atoms with E-state index in [1.165, 1.54) is 50.2 Å². The van der Waals surface area contributed by atoms with Crippen LogP contribution in [-0.2, 0) is 14.8 Å². The van der Waals surface area contributed by atoms with Gasteiger partial charge in [0.25, 0.3) is 10.0 Å². The summed E-state index contributed by atoms with van der Waals surface area (Å²) in [6.45, 7) is 3.90. The van der Waals surface area contributed by atoms with E-state index < -0.39 is 34.1 Å². The van der Waals surface area contributed by atoms with Gasteiger partial charge in [0, 0.05) is 16.9 Å². The second kappa shape index (κ2) is 9.05. The first-order valence-corrected chi connectivity index (χ1v) is 11.2. The van der Waals surface area contributed by atoms with Gasteiger partial charge >= 0.3 is 0 Å². The lowest BCUT2D eigenvalue weighted by molar-refractivity contribution is -0.124. The first-order valence-electron chi connectivity index (χ1n) is 9.72. The van der Waals surface area contributed by atoms with Crippen molar-refractivity contribution in [2.75, 3.05) is 16.7 Å². The molecule has 1 aromatic heterocycles. The number of hydrogen-bond acceptors (Lipinski definition) is 7. The third-order valence-corrected chi connectivity index (χ3v) is 6.00. The molecule has 1 atom stereocenters. The normalized spacial score (nSPS) is 12.9. The van der Waals surface area contributed by atoms with Crippen LogP contribution in [0.5, 0.6) is 0 Å². The lowest BCUT2D eigenvalue weighted by Gasteiger charge is -2.19. The van der Waals surface area contributed by atoms with Crippen LogP contribution in [0.15, 0.2) is 57.9 Å². The average Bonchev–Trinajstić information content (AvgIpc) is 3.26. The van der Waals surface area contributed by atoms with Crippen molar-refractivity contribution >= 4 is 27.3 Å². The van der Waals surface area contributed by atoms with Crippen LogP contribution < -0.4 is 15.8 Å². The summed E-state index contributed by atoms with van der Waals surface area (Å²) in [5, 5.41) is 6.44. The molecule has 0 bridgehead atoms. The van der Waals surface area contributed by atoms with E-state index in [0.29, 0.717) is 22.8 Å². The lowest BCUT2D eigenvalue weighted by atomic mass is 9.94. The molecule has 4 N–H and O–H groups in total. The fraction of sp³-hybridized carbons (Fsp3) is 0.286. The standard InChI is InChI=1S/C21H24FN5O4S/c1-13(23)19-25-18(26-31-19)14-4-10-17(11-5-14)32(29,30)27-16-8-6-15(7-9-16)24-20(28)21(2,3)12-22/h4-11,13,27H,12,23H2,1-3H3,(H,24,28)/t13-/m0/s1. The molecule has 0 aliphatic rings. The predicted octanol–water partition coefficient (Wildman–Crippen LogP) is 3.49. The minimum Gasteiger partial charge on any atom is -0.337 e. The number of nitrogens with zero attached hydrogens (tertiary/aromatic N) is 2. The number of hydrogen-bond donors (Lipinski definition) is 3. The topological polar surface area (TPSA) is 140 Å². The quantitative estimate of drug-likeness (QED) is 0.466. The third-order valence-electron chi connectivity index (χ3n) is 4.60. The average molecular weight is 462 g/mol. The van der Waals surface area contributed by atoms with Crippen LogP contribution in [0.4, 0.5) is 15.8 Å². The zero-order valence-corrected chi connectivity index (χ0v) is 18.6. The van der Waals surface area contributed by atoms with Gasteiger partial charge in [-0.15, -0.1) is 0 Å². The molecular formula is C21H24FN5O4S. The van der Waals surface area contributed by atoms with E-state index in [1.807, 2.05) is 0 Å². The van der Waals surface area contributed by atoms with E-state index in [-0.39, 0.29) is 10.8 Å². The van der Waals surface area contributed by atoms with Crippen molar-refractivity contribution in [3.8, 4) is 11.4 Å². The first kappa shape index (κ1) is 23.4. The summed E-state index contributed by atoms with van der Waals surface area (Å²) in [5.41, 5.74) is 5.85. The van der Waals surface area contributed by atoms with Gasteiger partial charge in [0.05, 0.1) is 16.4 Å². The van der Waals surface area contributed by atoms with Crippen LogP contribution >= 0.6 is 0 Å². The van der Waals surface area contributed by atoms with Crippen molar-refractivity contribution in [2.45, 2.75) is 31.7 Å². The summed E-state index contributed by atoms with van der Waals surface area (Å²) >= 11 is 0. The van der Waals surface area contributed by atoms with E-state index in [0.717, 1.165) is 0 Å². The fourth-order valence-electron chi connectivity index (χ4n) is 2.52. The van der Waals surface area contributed by atoms with E-state index in [1.54, 1.807) is 19.1 Å². The van der Waals surface area contributed by atoms with Crippen molar-refractivity contribution in [3.63, 3.8) is 0 Å². The smallest absolute Gasteiger partial charge is 0.261 e. The van der Waals surface area contributed by atoms with Crippen molar-refractivity contribution in [1.82, 2.24) is 10.1 Å². The maximum atomic E-state index is 12.9. The molecule has 0 radical (unpaired) electrons. The summed E-state index contributed by atoms with van der Waals surface area (Å²) in [7, 11) is -3.85. The highest BCUT2D eigenvalue weighted by Crippen LogP contribution is 2.24. The highest BCUT2D eigenvalue weighted by Gasteiger charge is 2.27. The molecule has 0 aliphatic heterocycles. The maximum absolute atomic E-state index is 12.9. The van der Waals surface area contributed by atoms with Crippen molar-refractivity contribution in [3.05, 3.63) is 54.4 Å². The highest BCUT2D eigenvalue weighted by atomic mass is 32.2. The van der Waals surface area contributed by atoms with Crippen LogP contribution in [-0.4, -0.2) is 31.1 Å². The molecule has 0 saturated carbocycles. The van der Waals surface area contributed by atoms with Crippen LogP contribution in [0, 0.1) is 5.41 Å². The number of anilines is 2. The summed E-state index contributed by atoms with van der Waals surface area (Å²) < 4.78 is 45.8. The molecule has 0 spiro atoms. The van der Waals surface area contributed by atoms with Crippen LogP contribution in [0.1, 0.15) is 32.7 Å². The number of halogens is 1. The Bertz CT molecular complexity index is 1190. The molecule has 3 aromatic rings. The monoisotopic (exact) mass is 461 g/mol. The van der Waals surface area contributed by atoms with Gasteiger partial charge in [-0.05, 0) is 69.3 Å². The molecular weight excluding hydrogens is 437 g/mol. The number of nitrogens with two attached hydrogens (primary N) is 1. The van der Waals surface area contributed by atoms with Gasteiger partial charge in [-0.3, -0.25) is 9.52 Å². The number of alkyl halides is 1. The molecule has 0 aliphatic carbocycles. The molecule has 170 valence electrons. The van der Waals surface area contributed by atoms with Gasteiger partial charge in [0.2, 0.25) is 17.6 Å². The van der Waals surface area contributed by atoms with E-state index >= 15 is 0 Å². The molecule has 32 heavy (non-hydrogen) atoms. The molecule has 0 saturated heterocycles. The summed E-state index contributed by atoms with van der Waals surface area (Å²) in [5.74, 6) is 0.122. The Kier molecular flexibility index (Phi) is 6.60. The van der Waals surface area contributed by atoms with Crippen LogP contribution in [0.2, 0.25) is 0 Å². The van der Waals surface area contributed by atoms with E-state index in [9.17, 15) is 17.6 Å². The Balaban J connectivity index is 1.70. The van der Waals surface area contributed by atoms with Crippen LogP contribution in [0.3, 0.4) is 0 Å². The number of amides is 1. The number of rotatable bonds is 8. The Morgan fingerprint density at radius 1 is 1.12 bits per heavy atom. The van der Waals surface area contributed by atoms with Gasteiger partial charge in [0.1, 0.15) is 6.67 Å². The molecule has 3 rings (SSSR count). The second-order valence-electron chi connectivity index (χ2n) is 7.92. The minimum absolute atomic E-state index is 0.0410. The highest BCUT2D eigenvalue weighted by molar-refractivity contribution is 7.92. The SMILES string of the molecule is C[C@H](N)c1nc(-c2ccc(S(=O)(=O)Nc3ccc(NC(=O)C(C)(C)CF)cc3)cc2)no1.